The van der Waals surface area contributed by atoms with E-state index in [4.69, 9.17) is 15.5 Å². The van der Waals surface area contributed by atoms with E-state index in [0.29, 0.717) is 0 Å². The second kappa shape index (κ2) is 7.56. The van der Waals surface area contributed by atoms with Gasteiger partial charge in [0, 0.05) is 7.11 Å². The Bertz CT molecular complexity index is 298. The molecule has 0 aliphatic heterocycles. The van der Waals surface area contributed by atoms with Crippen LogP contribution in [0.2, 0.25) is 0 Å². The number of phosphoric acid groups is 1. The zero-order valence-corrected chi connectivity index (χ0v) is 9.43. The Morgan fingerprint density at radius 2 is 1.80 bits per heavy atom. The normalized spacial score (nSPS) is 10.4. The largest absolute Gasteiger partial charge is 0.469 e. The molecule has 5 nitrogen and oxygen atoms in total. The van der Waals surface area contributed by atoms with E-state index in [0.717, 1.165) is 20.1 Å². The van der Waals surface area contributed by atoms with E-state index < -0.39 is 7.82 Å². The van der Waals surface area contributed by atoms with E-state index >= 15 is 0 Å². The molecule has 1 aromatic carbocycles. The van der Waals surface area contributed by atoms with Crippen molar-refractivity contribution < 1.29 is 18.9 Å². The van der Waals surface area contributed by atoms with Gasteiger partial charge in [-0.25, -0.2) is 4.57 Å². The molecule has 0 atom stereocenters. The minimum absolute atomic E-state index is 0.740. The molecule has 0 fully saturated rings. The van der Waals surface area contributed by atoms with E-state index in [1.165, 1.54) is 5.56 Å². The maximum atomic E-state index is 9.47. The van der Waals surface area contributed by atoms with E-state index in [-0.39, 0.29) is 0 Å². The van der Waals surface area contributed by atoms with Gasteiger partial charge in [0.05, 0.1) is 0 Å². The molecule has 0 spiro atoms. The Morgan fingerprint density at radius 3 is 2.13 bits per heavy atom. The highest BCUT2D eigenvalue weighted by molar-refractivity contribution is 7.46. The first kappa shape index (κ1) is 14.3. The van der Waals surface area contributed by atoms with Crippen LogP contribution in [0.5, 0.6) is 0 Å². The molecule has 15 heavy (non-hydrogen) atoms. The zero-order chi connectivity index (χ0) is 11.7. The van der Waals surface area contributed by atoms with Gasteiger partial charge in [-0.3, -0.25) is 4.52 Å². The van der Waals surface area contributed by atoms with Gasteiger partial charge in [0.2, 0.25) is 0 Å². The van der Waals surface area contributed by atoms with Crippen molar-refractivity contribution in [2.75, 3.05) is 13.7 Å². The van der Waals surface area contributed by atoms with Crippen LogP contribution in [0.4, 0.5) is 0 Å². The van der Waals surface area contributed by atoms with E-state index in [9.17, 15) is 4.57 Å². The molecule has 0 amide bonds. The first-order chi connectivity index (χ1) is 6.99. The van der Waals surface area contributed by atoms with Crippen LogP contribution in [-0.2, 0) is 15.5 Å². The summed E-state index contributed by atoms with van der Waals surface area (Å²) in [5.41, 5.74) is 6.68. The van der Waals surface area contributed by atoms with Crippen LogP contribution in [0, 0.1) is 0 Å². The van der Waals surface area contributed by atoms with Crippen LogP contribution in [0.25, 0.3) is 0 Å². The van der Waals surface area contributed by atoms with Crippen molar-refractivity contribution in [3.63, 3.8) is 0 Å². The number of benzene rings is 1. The van der Waals surface area contributed by atoms with Crippen LogP contribution in [0.1, 0.15) is 5.56 Å². The highest BCUT2D eigenvalue weighted by atomic mass is 31.2. The summed E-state index contributed by atoms with van der Waals surface area (Å²) in [5, 5.41) is 0. The van der Waals surface area contributed by atoms with Crippen molar-refractivity contribution >= 4 is 7.82 Å². The first-order valence-corrected chi connectivity index (χ1v) is 5.88. The summed E-state index contributed by atoms with van der Waals surface area (Å²) in [4.78, 5) is 15.4. The third kappa shape index (κ3) is 9.59. The van der Waals surface area contributed by atoms with E-state index in [1.54, 1.807) is 0 Å². The van der Waals surface area contributed by atoms with Crippen LogP contribution in [-0.4, -0.2) is 23.4 Å². The predicted molar refractivity (Wildman–Crippen MR) is 58.3 cm³/mol. The van der Waals surface area contributed by atoms with Gasteiger partial charge >= 0.3 is 7.82 Å². The fourth-order valence-corrected chi connectivity index (χ4v) is 0.811. The summed E-state index contributed by atoms with van der Waals surface area (Å²) in [6.45, 7) is 0.740. The van der Waals surface area contributed by atoms with Crippen molar-refractivity contribution in [1.82, 2.24) is 0 Å². The summed E-state index contributed by atoms with van der Waals surface area (Å²) in [5.74, 6) is 0. The predicted octanol–water partition coefficient (Wildman–Crippen LogP) is 0.913. The van der Waals surface area contributed by atoms with Gasteiger partial charge in [-0.1, -0.05) is 30.3 Å². The average molecular weight is 233 g/mol. The molecular weight excluding hydrogens is 217 g/mol. The second-order valence-electron chi connectivity index (χ2n) is 2.70. The Balaban J connectivity index is 0.000000288. The maximum Gasteiger partial charge on any atom is 0.469 e. The molecule has 0 saturated heterocycles. The Morgan fingerprint density at radius 1 is 1.33 bits per heavy atom. The highest BCUT2D eigenvalue weighted by Gasteiger charge is 2.07. The summed E-state index contributed by atoms with van der Waals surface area (Å²) in [6.07, 6.45) is 0.987. The SMILES string of the molecule is COP(=O)(O)O.NCCc1ccccc1. The summed E-state index contributed by atoms with van der Waals surface area (Å²) < 4.78 is 13.1. The number of hydrogen-bond donors (Lipinski definition) is 3. The highest BCUT2D eigenvalue weighted by Crippen LogP contribution is 2.33. The van der Waals surface area contributed by atoms with Crippen molar-refractivity contribution in [1.29, 1.82) is 0 Å². The lowest BCUT2D eigenvalue weighted by Gasteiger charge is -1.93. The van der Waals surface area contributed by atoms with E-state index in [1.807, 2.05) is 18.2 Å². The quantitative estimate of drug-likeness (QED) is 0.675. The van der Waals surface area contributed by atoms with Gasteiger partial charge in [0.1, 0.15) is 0 Å². The first-order valence-electron chi connectivity index (χ1n) is 4.35. The molecule has 1 rings (SSSR count). The van der Waals surface area contributed by atoms with Crippen molar-refractivity contribution in [3.05, 3.63) is 35.9 Å². The molecule has 0 aliphatic rings. The third-order valence-electron chi connectivity index (χ3n) is 1.51. The van der Waals surface area contributed by atoms with E-state index in [2.05, 4.69) is 16.7 Å². The Kier molecular flexibility index (Phi) is 7.21. The molecule has 0 aliphatic carbocycles. The average Bonchev–Trinajstić information content (AvgIpc) is 2.20. The van der Waals surface area contributed by atoms with Gasteiger partial charge < -0.3 is 15.5 Å². The molecule has 6 heteroatoms. The third-order valence-corrected chi connectivity index (χ3v) is 1.99. The second-order valence-corrected chi connectivity index (χ2v) is 4.04. The number of phosphoric ester groups is 1. The van der Waals surface area contributed by atoms with Crippen LogP contribution >= 0.6 is 7.82 Å². The van der Waals surface area contributed by atoms with Crippen molar-refractivity contribution in [2.24, 2.45) is 5.73 Å². The molecule has 86 valence electrons. The van der Waals surface area contributed by atoms with Crippen LogP contribution < -0.4 is 5.73 Å². The molecular formula is C9H16NO4P. The minimum atomic E-state index is -4.15. The van der Waals surface area contributed by atoms with Gasteiger partial charge in [-0.05, 0) is 18.5 Å². The molecule has 1 aromatic rings. The number of rotatable bonds is 3. The smallest absolute Gasteiger partial charge is 0.330 e. The van der Waals surface area contributed by atoms with Gasteiger partial charge in [0.25, 0.3) is 0 Å². The fourth-order valence-electron chi connectivity index (χ4n) is 0.811. The van der Waals surface area contributed by atoms with Gasteiger partial charge in [-0.15, -0.1) is 0 Å². The maximum absolute atomic E-state index is 9.47. The number of nitrogens with two attached hydrogens (primary N) is 1. The molecule has 0 unspecified atom stereocenters. The number of hydrogen-bond acceptors (Lipinski definition) is 3. The Labute approximate surface area is 89.1 Å². The molecule has 0 heterocycles. The standard InChI is InChI=1S/C8H11N.CH5O4P/c9-7-6-8-4-2-1-3-5-8;1-5-6(2,3)4/h1-5H,6-7,9H2;1H3,(H2,2,3,4). The zero-order valence-electron chi connectivity index (χ0n) is 8.54. The molecule has 0 bridgehead atoms. The molecule has 0 radical (unpaired) electrons. The lowest BCUT2D eigenvalue weighted by Crippen LogP contribution is -2.01. The van der Waals surface area contributed by atoms with Gasteiger partial charge in [-0.2, -0.15) is 0 Å². The van der Waals surface area contributed by atoms with Crippen molar-refractivity contribution in [3.8, 4) is 0 Å². The monoisotopic (exact) mass is 233 g/mol. The topological polar surface area (TPSA) is 92.8 Å². The lowest BCUT2D eigenvalue weighted by atomic mass is 10.2. The minimum Gasteiger partial charge on any atom is -0.330 e. The van der Waals surface area contributed by atoms with Gasteiger partial charge in [0.15, 0.2) is 0 Å². The van der Waals surface area contributed by atoms with Crippen LogP contribution in [0.3, 0.4) is 0 Å². The van der Waals surface area contributed by atoms with Crippen molar-refractivity contribution in [2.45, 2.75) is 6.42 Å². The molecule has 0 aromatic heterocycles. The fraction of sp³-hybridized carbons (Fsp3) is 0.333. The molecule has 0 saturated carbocycles. The summed E-state index contributed by atoms with van der Waals surface area (Å²) in [6, 6.07) is 10.3. The Hall–Kier alpha value is -0.710. The lowest BCUT2D eigenvalue weighted by molar-refractivity contribution is 0.235. The van der Waals surface area contributed by atoms with Crippen LogP contribution in [0.15, 0.2) is 30.3 Å². The summed E-state index contributed by atoms with van der Waals surface area (Å²) >= 11 is 0. The molecule has 4 N–H and O–H groups in total. The summed E-state index contributed by atoms with van der Waals surface area (Å²) in [7, 11) is -3.20.